The Morgan fingerprint density at radius 3 is 2.92 bits per heavy atom. The number of nitrogens with two attached hydrogens (primary N) is 1. The number of carbonyl (C=O) groups excluding carboxylic acids is 1. The molecule has 1 saturated carbocycles. The Morgan fingerprint density at radius 1 is 1.50 bits per heavy atom. The monoisotopic (exact) mass is 352 g/mol. The second kappa shape index (κ2) is 6.43. The molecule has 0 unspecified atom stereocenters. The molecule has 0 spiro atoms. The number of hydrogen-bond donors (Lipinski definition) is 2. The third-order valence-corrected chi connectivity index (χ3v) is 4.31. The Bertz CT molecular complexity index is 807. The molecule has 1 aliphatic carbocycles. The van der Waals surface area contributed by atoms with Crippen LogP contribution < -0.4 is 11.1 Å². The average Bonchev–Trinajstić information content (AvgIpc) is 3.30. The largest absolute Gasteiger partial charge is 0.368 e. The lowest BCUT2D eigenvalue weighted by Crippen LogP contribution is -2.16. The molecule has 0 saturated heterocycles. The molecule has 1 aliphatic rings. The number of nitro benzene ring substituents is 1. The minimum absolute atomic E-state index is 0.0486. The van der Waals surface area contributed by atoms with Gasteiger partial charge in [0, 0.05) is 18.2 Å². The van der Waals surface area contributed by atoms with Gasteiger partial charge in [-0.15, -0.1) is 10.2 Å². The minimum Gasteiger partial charge on any atom is -0.368 e. The second-order valence-corrected chi connectivity index (χ2v) is 6.14. The van der Waals surface area contributed by atoms with Crippen molar-refractivity contribution in [3.63, 3.8) is 0 Å². The Labute approximate surface area is 139 Å². The third kappa shape index (κ3) is 3.45. The Kier molecular flexibility index (Phi) is 4.34. The highest BCUT2D eigenvalue weighted by atomic mass is 32.2. The van der Waals surface area contributed by atoms with E-state index in [9.17, 15) is 19.3 Å². The van der Waals surface area contributed by atoms with E-state index in [-0.39, 0.29) is 23.2 Å². The predicted molar refractivity (Wildman–Crippen MR) is 85.1 cm³/mol. The van der Waals surface area contributed by atoms with Gasteiger partial charge in [0.15, 0.2) is 5.16 Å². The van der Waals surface area contributed by atoms with Gasteiger partial charge >= 0.3 is 0 Å². The van der Waals surface area contributed by atoms with Gasteiger partial charge in [0.1, 0.15) is 5.82 Å². The van der Waals surface area contributed by atoms with Crippen LogP contribution in [0.2, 0.25) is 0 Å². The fourth-order valence-corrected chi connectivity index (χ4v) is 2.91. The number of anilines is 2. The number of halogens is 1. The van der Waals surface area contributed by atoms with E-state index >= 15 is 0 Å². The van der Waals surface area contributed by atoms with Crippen molar-refractivity contribution >= 4 is 35.0 Å². The van der Waals surface area contributed by atoms with Crippen molar-refractivity contribution in [1.29, 1.82) is 0 Å². The summed E-state index contributed by atoms with van der Waals surface area (Å²) in [6.07, 6.45) is 1.97. The lowest BCUT2D eigenvalue weighted by Gasteiger charge is -2.07. The van der Waals surface area contributed by atoms with E-state index in [0.29, 0.717) is 11.1 Å². The summed E-state index contributed by atoms with van der Waals surface area (Å²) in [5.41, 5.74) is 5.20. The van der Waals surface area contributed by atoms with Crippen LogP contribution >= 0.6 is 11.8 Å². The Balaban J connectivity index is 1.64. The first kappa shape index (κ1) is 16.2. The van der Waals surface area contributed by atoms with E-state index in [1.54, 1.807) is 4.57 Å². The lowest BCUT2D eigenvalue weighted by molar-refractivity contribution is -0.384. The van der Waals surface area contributed by atoms with Gasteiger partial charge in [-0.05, 0) is 18.9 Å². The highest BCUT2D eigenvalue weighted by Gasteiger charge is 2.29. The zero-order valence-corrected chi connectivity index (χ0v) is 13.1. The molecular weight excluding hydrogens is 339 g/mol. The van der Waals surface area contributed by atoms with Crippen molar-refractivity contribution in [3.8, 4) is 0 Å². The summed E-state index contributed by atoms with van der Waals surface area (Å²) in [5, 5.41) is 21.3. The maximum absolute atomic E-state index is 13.7. The van der Waals surface area contributed by atoms with E-state index in [4.69, 9.17) is 5.73 Å². The van der Waals surface area contributed by atoms with Crippen molar-refractivity contribution in [3.05, 3.63) is 34.1 Å². The van der Waals surface area contributed by atoms with Crippen LogP contribution in [0, 0.1) is 15.9 Å². The quantitative estimate of drug-likeness (QED) is 0.462. The van der Waals surface area contributed by atoms with Crippen LogP contribution in [0.5, 0.6) is 0 Å². The number of nitrogens with one attached hydrogen (secondary N) is 1. The number of rotatable bonds is 6. The molecule has 1 heterocycles. The molecule has 1 aromatic carbocycles. The van der Waals surface area contributed by atoms with Gasteiger partial charge in [-0.3, -0.25) is 19.5 Å². The maximum Gasteiger partial charge on any atom is 0.271 e. The van der Waals surface area contributed by atoms with Crippen molar-refractivity contribution in [2.24, 2.45) is 0 Å². The molecule has 1 amide bonds. The van der Waals surface area contributed by atoms with E-state index in [1.807, 2.05) is 0 Å². The van der Waals surface area contributed by atoms with Crippen LogP contribution in [0.25, 0.3) is 0 Å². The van der Waals surface area contributed by atoms with Crippen LogP contribution in [0.4, 0.5) is 21.7 Å². The molecule has 126 valence electrons. The van der Waals surface area contributed by atoms with Crippen molar-refractivity contribution in [2.75, 3.05) is 16.8 Å². The number of amides is 1. The molecule has 11 heteroatoms. The predicted octanol–water partition coefficient (Wildman–Crippen LogP) is 1.97. The van der Waals surface area contributed by atoms with Crippen LogP contribution in [-0.2, 0) is 4.79 Å². The Hall–Kier alpha value is -2.69. The molecule has 0 aliphatic heterocycles. The van der Waals surface area contributed by atoms with Gasteiger partial charge < -0.3 is 11.1 Å². The molecular formula is C13H13FN6O3S. The van der Waals surface area contributed by atoms with E-state index < -0.39 is 16.6 Å². The smallest absolute Gasteiger partial charge is 0.271 e. The van der Waals surface area contributed by atoms with Crippen molar-refractivity contribution in [2.45, 2.75) is 24.0 Å². The molecule has 3 N–H and O–H groups in total. The number of carbonyl (C=O) groups is 1. The molecule has 0 bridgehead atoms. The number of thioether (sulfide) groups is 1. The highest BCUT2D eigenvalue weighted by Crippen LogP contribution is 2.39. The van der Waals surface area contributed by atoms with Crippen molar-refractivity contribution in [1.82, 2.24) is 14.8 Å². The normalized spacial score (nSPS) is 13.7. The molecule has 24 heavy (non-hydrogen) atoms. The number of nitro groups is 1. The lowest BCUT2D eigenvalue weighted by atomic mass is 10.2. The fraction of sp³-hybridized carbons (Fsp3) is 0.308. The SMILES string of the molecule is Nc1nnc(SCC(=O)Nc2cc([N+](=O)[O-])ccc2F)n1C1CC1. The topological polar surface area (TPSA) is 129 Å². The van der Waals surface area contributed by atoms with Crippen LogP contribution in [0.1, 0.15) is 18.9 Å². The van der Waals surface area contributed by atoms with Gasteiger partial charge in [-0.2, -0.15) is 0 Å². The first-order valence-electron chi connectivity index (χ1n) is 7.02. The summed E-state index contributed by atoms with van der Waals surface area (Å²) in [4.78, 5) is 22.0. The molecule has 1 aromatic heterocycles. The van der Waals surface area contributed by atoms with Crippen LogP contribution in [0.15, 0.2) is 23.4 Å². The third-order valence-electron chi connectivity index (χ3n) is 3.37. The maximum atomic E-state index is 13.7. The molecule has 2 aromatic rings. The number of hydrogen-bond acceptors (Lipinski definition) is 7. The van der Waals surface area contributed by atoms with Gasteiger partial charge in [0.25, 0.3) is 5.69 Å². The second-order valence-electron chi connectivity index (χ2n) is 5.20. The summed E-state index contributed by atoms with van der Waals surface area (Å²) in [6, 6.07) is 3.20. The van der Waals surface area contributed by atoms with Gasteiger partial charge in [0.2, 0.25) is 11.9 Å². The first-order chi connectivity index (χ1) is 11.5. The summed E-state index contributed by atoms with van der Waals surface area (Å²) >= 11 is 1.12. The molecule has 9 nitrogen and oxygen atoms in total. The summed E-state index contributed by atoms with van der Waals surface area (Å²) in [5.74, 6) is -1.01. The number of aromatic nitrogens is 3. The number of benzene rings is 1. The van der Waals surface area contributed by atoms with Crippen LogP contribution in [-0.4, -0.2) is 31.3 Å². The highest BCUT2D eigenvalue weighted by molar-refractivity contribution is 7.99. The van der Waals surface area contributed by atoms with E-state index in [2.05, 4.69) is 15.5 Å². The number of non-ortho nitro benzene ring substituents is 1. The zero-order chi connectivity index (χ0) is 17.3. The zero-order valence-electron chi connectivity index (χ0n) is 12.3. The van der Waals surface area contributed by atoms with Gasteiger partial charge in [0.05, 0.1) is 16.4 Å². The Morgan fingerprint density at radius 2 is 2.25 bits per heavy atom. The summed E-state index contributed by atoms with van der Waals surface area (Å²) in [7, 11) is 0. The van der Waals surface area contributed by atoms with E-state index in [1.165, 1.54) is 0 Å². The number of nitrogen functional groups attached to an aromatic ring is 1. The average molecular weight is 352 g/mol. The molecule has 3 rings (SSSR count). The first-order valence-corrected chi connectivity index (χ1v) is 8.01. The molecule has 0 radical (unpaired) electrons. The fourth-order valence-electron chi connectivity index (χ4n) is 2.10. The number of nitrogens with zero attached hydrogens (tertiary/aromatic N) is 4. The van der Waals surface area contributed by atoms with E-state index in [0.717, 1.165) is 42.8 Å². The van der Waals surface area contributed by atoms with Crippen LogP contribution in [0.3, 0.4) is 0 Å². The minimum atomic E-state index is -0.746. The molecule has 1 fully saturated rings. The van der Waals surface area contributed by atoms with Gasteiger partial charge in [-0.25, -0.2) is 4.39 Å². The standard InChI is InChI=1S/C13H13FN6O3S/c14-9-4-3-8(20(22)23)5-10(9)16-11(21)6-24-13-18-17-12(15)19(13)7-1-2-7/h3-5,7H,1-2,6H2,(H2,15,17)(H,16,21). The summed E-state index contributed by atoms with van der Waals surface area (Å²) < 4.78 is 15.4. The summed E-state index contributed by atoms with van der Waals surface area (Å²) in [6.45, 7) is 0. The molecule has 0 atom stereocenters. The van der Waals surface area contributed by atoms with Crippen molar-refractivity contribution < 1.29 is 14.1 Å². The van der Waals surface area contributed by atoms with Gasteiger partial charge in [-0.1, -0.05) is 11.8 Å².